The molecule has 20 heavy (non-hydrogen) atoms. The van der Waals surface area contributed by atoms with Gasteiger partial charge in [-0.1, -0.05) is 17.3 Å². The van der Waals surface area contributed by atoms with Crippen molar-refractivity contribution in [2.75, 3.05) is 12.8 Å². The molecule has 0 aliphatic rings. The summed E-state index contributed by atoms with van der Waals surface area (Å²) in [4.78, 5) is 4.95. The van der Waals surface area contributed by atoms with Crippen LogP contribution in [0.4, 0.5) is 5.82 Å². The number of rotatable bonds is 3. The first kappa shape index (κ1) is 12.7. The molecule has 0 radical (unpaired) electrons. The van der Waals surface area contributed by atoms with Gasteiger partial charge >= 0.3 is 0 Å². The van der Waals surface area contributed by atoms with E-state index in [-0.39, 0.29) is 0 Å². The van der Waals surface area contributed by atoms with Crippen LogP contribution in [0.15, 0.2) is 34.4 Å². The summed E-state index contributed by atoms with van der Waals surface area (Å²) < 4.78 is 10.7. The van der Waals surface area contributed by atoms with Crippen LogP contribution in [0.5, 0.6) is 5.75 Å². The van der Waals surface area contributed by atoms with E-state index in [1.165, 1.54) is 11.3 Å². The average Bonchev–Trinajstić information content (AvgIpc) is 3.08. The van der Waals surface area contributed by atoms with Gasteiger partial charge in [0.15, 0.2) is 11.6 Å². The van der Waals surface area contributed by atoms with Crippen LogP contribution in [0.3, 0.4) is 0 Å². The maximum absolute atomic E-state index is 5.95. The zero-order chi connectivity index (χ0) is 14.1. The number of aromatic nitrogens is 2. The van der Waals surface area contributed by atoms with E-state index in [0.29, 0.717) is 11.6 Å². The van der Waals surface area contributed by atoms with Crippen molar-refractivity contribution < 1.29 is 9.26 Å². The van der Waals surface area contributed by atoms with E-state index in [2.05, 4.69) is 10.1 Å². The smallest absolute Gasteiger partial charge is 0.188 e. The maximum atomic E-state index is 5.95. The highest BCUT2D eigenvalue weighted by Crippen LogP contribution is 2.39. The standard InChI is InChI=1S/C14H13N3O2S/c1-8-3-4-9(5-10(8)18-2)12-13(19-17-14(12)15)11-6-16-7-20-11/h3-7H,1-2H3,(H2,15,17). The summed E-state index contributed by atoms with van der Waals surface area (Å²) in [6, 6.07) is 5.89. The van der Waals surface area contributed by atoms with Gasteiger partial charge in [0.25, 0.3) is 0 Å². The summed E-state index contributed by atoms with van der Waals surface area (Å²) in [5.41, 5.74) is 10.4. The van der Waals surface area contributed by atoms with Crippen molar-refractivity contribution in [3.8, 4) is 27.5 Å². The van der Waals surface area contributed by atoms with Crippen LogP contribution in [0.1, 0.15) is 5.56 Å². The number of nitrogens with two attached hydrogens (primary N) is 1. The highest BCUT2D eigenvalue weighted by Gasteiger charge is 2.19. The SMILES string of the molecule is COc1cc(-c2c(N)noc2-c2cncs2)ccc1C. The molecule has 2 heterocycles. The van der Waals surface area contributed by atoms with Gasteiger partial charge < -0.3 is 15.0 Å². The Morgan fingerprint density at radius 1 is 1.35 bits per heavy atom. The van der Waals surface area contributed by atoms with Crippen LogP contribution in [0, 0.1) is 6.92 Å². The zero-order valence-electron chi connectivity index (χ0n) is 11.1. The summed E-state index contributed by atoms with van der Waals surface area (Å²) in [7, 11) is 1.65. The number of anilines is 1. The van der Waals surface area contributed by atoms with Gasteiger partial charge in [0, 0.05) is 6.20 Å². The number of thiazole rings is 1. The molecule has 0 bridgehead atoms. The predicted octanol–water partition coefficient (Wildman–Crippen LogP) is 3.36. The van der Waals surface area contributed by atoms with Crippen molar-refractivity contribution in [2.24, 2.45) is 0 Å². The normalized spacial score (nSPS) is 10.7. The minimum Gasteiger partial charge on any atom is -0.496 e. The van der Waals surface area contributed by atoms with Gasteiger partial charge in [-0.05, 0) is 24.1 Å². The fourth-order valence-corrected chi connectivity index (χ4v) is 2.66. The Hall–Kier alpha value is -2.34. The molecule has 0 saturated heterocycles. The quantitative estimate of drug-likeness (QED) is 0.799. The Kier molecular flexibility index (Phi) is 3.15. The number of hydrogen-bond donors (Lipinski definition) is 1. The largest absolute Gasteiger partial charge is 0.496 e. The molecule has 2 N–H and O–H groups in total. The van der Waals surface area contributed by atoms with Crippen LogP contribution >= 0.6 is 11.3 Å². The third-order valence-corrected chi connectivity index (χ3v) is 3.84. The lowest BCUT2D eigenvalue weighted by molar-refractivity contribution is 0.412. The molecule has 0 unspecified atom stereocenters. The second-order valence-corrected chi connectivity index (χ2v) is 5.21. The third-order valence-electron chi connectivity index (χ3n) is 3.07. The molecule has 0 fully saturated rings. The molecule has 1 aromatic carbocycles. The summed E-state index contributed by atoms with van der Waals surface area (Å²) in [5.74, 6) is 1.80. The van der Waals surface area contributed by atoms with Gasteiger partial charge in [-0.2, -0.15) is 0 Å². The van der Waals surface area contributed by atoms with Crippen molar-refractivity contribution in [3.05, 3.63) is 35.5 Å². The zero-order valence-corrected chi connectivity index (χ0v) is 11.9. The average molecular weight is 287 g/mol. The topological polar surface area (TPSA) is 74.2 Å². The van der Waals surface area contributed by atoms with Gasteiger partial charge in [0.2, 0.25) is 0 Å². The van der Waals surface area contributed by atoms with Crippen LogP contribution in [0.2, 0.25) is 0 Å². The number of nitrogen functional groups attached to an aromatic ring is 1. The summed E-state index contributed by atoms with van der Waals surface area (Å²) >= 11 is 1.48. The lowest BCUT2D eigenvalue weighted by atomic mass is 10.0. The molecular weight excluding hydrogens is 274 g/mol. The van der Waals surface area contributed by atoms with Crippen molar-refractivity contribution in [3.63, 3.8) is 0 Å². The number of benzene rings is 1. The molecule has 3 aromatic rings. The van der Waals surface area contributed by atoms with E-state index in [9.17, 15) is 0 Å². The van der Waals surface area contributed by atoms with E-state index in [4.69, 9.17) is 15.0 Å². The van der Waals surface area contributed by atoms with Crippen LogP contribution in [0.25, 0.3) is 21.8 Å². The van der Waals surface area contributed by atoms with E-state index in [1.807, 2.05) is 25.1 Å². The summed E-state index contributed by atoms with van der Waals surface area (Å²) in [5, 5.41) is 3.87. The second-order valence-electron chi connectivity index (χ2n) is 4.32. The highest BCUT2D eigenvalue weighted by molar-refractivity contribution is 7.13. The lowest BCUT2D eigenvalue weighted by Gasteiger charge is -2.07. The van der Waals surface area contributed by atoms with Gasteiger partial charge in [0.05, 0.1) is 23.1 Å². The number of nitrogens with zero attached hydrogens (tertiary/aromatic N) is 2. The van der Waals surface area contributed by atoms with Gasteiger partial charge in [-0.3, -0.25) is 4.98 Å². The molecule has 0 aliphatic carbocycles. The highest BCUT2D eigenvalue weighted by atomic mass is 32.1. The molecule has 0 spiro atoms. The molecule has 3 rings (SSSR count). The Morgan fingerprint density at radius 3 is 2.90 bits per heavy atom. The molecular formula is C14H13N3O2S. The number of ether oxygens (including phenoxy) is 1. The van der Waals surface area contributed by atoms with Crippen molar-refractivity contribution >= 4 is 17.2 Å². The molecule has 0 saturated carbocycles. The van der Waals surface area contributed by atoms with Crippen LogP contribution in [-0.2, 0) is 0 Å². The Bertz CT molecular complexity index is 735. The number of hydrogen-bond acceptors (Lipinski definition) is 6. The van der Waals surface area contributed by atoms with Crippen molar-refractivity contribution in [1.29, 1.82) is 0 Å². The molecule has 5 nitrogen and oxygen atoms in total. The molecule has 0 aliphatic heterocycles. The fourth-order valence-electron chi connectivity index (χ4n) is 2.05. The molecule has 0 amide bonds. The second kappa shape index (κ2) is 4.97. The fraction of sp³-hybridized carbons (Fsp3) is 0.143. The van der Waals surface area contributed by atoms with E-state index < -0.39 is 0 Å². The predicted molar refractivity (Wildman–Crippen MR) is 78.7 cm³/mol. The Morgan fingerprint density at radius 2 is 2.20 bits per heavy atom. The Labute approximate surface area is 120 Å². The van der Waals surface area contributed by atoms with E-state index in [0.717, 1.165) is 27.3 Å². The van der Waals surface area contributed by atoms with Crippen molar-refractivity contribution in [1.82, 2.24) is 10.1 Å². The van der Waals surface area contributed by atoms with Crippen LogP contribution < -0.4 is 10.5 Å². The van der Waals surface area contributed by atoms with Gasteiger partial charge in [-0.15, -0.1) is 11.3 Å². The number of methoxy groups -OCH3 is 1. The molecule has 2 aromatic heterocycles. The third kappa shape index (κ3) is 2.04. The first-order chi connectivity index (χ1) is 9.70. The monoisotopic (exact) mass is 287 g/mol. The molecule has 0 atom stereocenters. The first-order valence-electron chi connectivity index (χ1n) is 5.99. The lowest BCUT2D eigenvalue weighted by Crippen LogP contribution is -1.91. The Balaban J connectivity index is 2.17. The molecule has 6 heteroatoms. The van der Waals surface area contributed by atoms with Crippen molar-refractivity contribution in [2.45, 2.75) is 6.92 Å². The minimum absolute atomic E-state index is 0.360. The van der Waals surface area contributed by atoms with E-state index in [1.54, 1.807) is 18.8 Å². The van der Waals surface area contributed by atoms with Gasteiger partial charge in [-0.25, -0.2) is 0 Å². The van der Waals surface area contributed by atoms with Gasteiger partial charge in [0.1, 0.15) is 5.75 Å². The number of aryl methyl sites for hydroxylation is 1. The minimum atomic E-state index is 0.360. The summed E-state index contributed by atoms with van der Waals surface area (Å²) in [6.07, 6.45) is 1.74. The maximum Gasteiger partial charge on any atom is 0.188 e. The van der Waals surface area contributed by atoms with E-state index >= 15 is 0 Å². The van der Waals surface area contributed by atoms with Crippen LogP contribution in [-0.4, -0.2) is 17.3 Å². The first-order valence-corrected chi connectivity index (χ1v) is 6.87. The summed E-state index contributed by atoms with van der Waals surface area (Å²) in [6.45, 7) is 1.99. The molecule has 102 valence electrons.